The second-order valence-corrected chi connectivity index (χ2v) is 12.3. The highest BCUT2D eigenvalue weighted by Crippen LogP contribution is 2.27. The number of hydrogen-bond acceptors (Lipinski definition) is 9. The Labute approximate surface area is 218 Å². The molecular formula is C24H26N6O3S3. The molecule has 1 amide bonds. The largest absolute Gasteiger partial charge is 0.326 e. The predicted octanol–water partition coefficient (Wildman–Crippen LogP) is 4.69. The molecule has 0 radical (unpaired) electrons. The van der Waals surface area contributed by atoms with E-state index in [1.54, 1.807) is 6.92 Å². The maximum absolute atomic E-state index is 12.5. The van der Waals surface area contributed by atoms with Crippen LogP contribution in [-0.4, -0.2) is 35.3 Å². The van der Waals surface area contributed by atoms with Crippen LogP contribution in [0.5, 0.6) is 0 Å². The summed E-state index contributed by atoms with van der Waals surface area (Å²) in [6, 6.07) is 10.1. The number of sulfonamides is 1. The van der Waals surface area contributed by atoms with E-state index in [9.17, 15) is 18.5 Å². The lowest BCUT2D eigenvalue weighted by Crippen LogP contribution is -2.14. The van der Waals surface area contributed by atoms with Crippen LogP contribution in [0.15, 0.2) is 40.3 Å². The smallest absolute Gasteiger partial charge is 0.263 e. The molecule has 1 aromatic carbocycles. The van der Waals surface area contributed by atoms with Crippen molar-refractivity contribution in [2.24, 2.45) is 0 Å². The topological polar surface area (TPSA) is 138 Å². The van der Waals surface area contributed by atoms with Crippen molar-refractivity contribution in [3.05, 3.63) is 52.2 Å². The number of nitrogens with one attached hydrogen (secondary N) is 2. The van der Waals surface area contributed by atoms with E-state index in [1.165, 1.54) is 54.4 Å². The number of carbonyl (C=O) groups excluding carboxylic acids is 1. The molecule has 12 heteroatoms. The lowest BCUT2D eigenvalue weighted by Gasteiger charge is -2.15. The molecule has 36 heavy (non-hydrogen) atoms. The minimum atomic E-state index is -3.80. The standard InChI is InChI=1S/C24H26N6O3S3/c1-16-28-29-24(35-16)30-36(32,33)20-10-8-19(9-11-20)26-22(31)12-13-34-23-18(15-25)14-17-6-4-2-3-5-7-21(17)27-23/h8-11,14H,2-7,12-13H2,1H3,(H,26,31)(H,29,30). The van der Waals surface area contributed by atoms with Gasteiger partial charge in [0.1, 0.15) is 16.1 Å². The molecule has 1 aliphatic carbocycles. The average Bonchev–Trinajstić information content (AvgIpc) is 3.23. The van der Waals surface area contributed by atoms with E-state index in [1.807, 2.05) is 6.07 Å². The molecule has 3 aromatic rings. The van der Waals surface area contributed by atoms with Gasteiger partial charge in [-0.1, -0.05) is 24.2 Å². The Morgan fingerprint density at radius 3 is 2.58 bits per heavy atom. The third-order valence-electron chi connectivity index (χ3n) is 5.65. The first-order valence-electron chi connectivity index (χ1n) is 11.6. The van der Waals surface area contributed by atoms with Gasteiger partial charge < -0.3 is 5.32 Å². The minimum Gasteiger partial charge on any atom is -0.326 e. The van der Waals surface area contributed by atoms with Gasteiger partial charge in [0.2, 0.25) is 11.0 Å². The van der Waals surface area contributed by atoms with Crippen LogP contribution in [0.2, 0.25) is 0 Å². The molecule has 0 spiro atoms. The zero-order chi connectivity index (χ0) is 25.5. The van der Waals surface area contributed by atoms with Crippen LogP contribution in [0, 0.1) is 18.3 Å². The summed E-state index contributed by atoms with van der Waals surface area (Å²) >= 11 is 2.56. The van der Waals surface area contributed by atoms with Crippen molar-refractivity contribution < 1.29 is 13.2 Å². The number of thioether (sulfide) groups is 1. The molecule has 0 bridgehead atoms. The van der Waals surface area contributed by atoms with Crippen LogP contribution in [0.1, 0.15) is 53.9 Å². The highest BCUT2D eigenvalue weighted by molar-refractivity contribution is 7.99. The third-order valence-corrected chi connectivity index (χ3v) is 8.88. The maximum atomic E-state index is 12.5. The molecule has 2 aromatic heterocycles. The molecule has 2 heterocycles. The lowest BCUT2D eigenvalue weighted by molar-refractivity contribution is -0.115. The number of anilines is 2. The number of rotatable bonds is 8. The van der Waals surface area contributed by atoms with E-state index in [0.29, 0.717) is 27.0 Å². The number of nitriles is 1. The van der Waals surface area contributed by atoms with Crippen molar-refractivity contribution in [1.82, 2.24) is 15.2 Å². The molecular weight excluding hydrogens is 517 g/mol. The molecule has 0 saturated carbocycles. The number of carbonyl (C=O) groups is 1. The molecule has 4 rings (SSSR count). The Hall–Kier alpha value is -3.01. The number of aromatic nitrogens is 3. The van der Waals surface area contributed by atoms with Gasteiger partial charge in [-0.05, 0) is 68.5 Å². The lowest BCUT2D eigenvalue weighted by atomic mass is 9.96. The number of fused-ring (bicyclic) bond motifs is 1. The Morgan fingerprint density at radius 1 is 1.14 bits per heavy atom. The third kappa shape index (κ3) is 6.81. The molecule has 1 aliphatic rings. The van der Waals surface area contributed by atoms with Crippen molar-refractivity contribution in [2.45, 2.75) is 61.8 Å². The fourth-order valence-corrected chi connectivity index (χ4v) is 6.59. The molecule has 0 unspecified atom stereocenters. The summed E-state index contributed by atoms with van der Waals surface area (Å²) < 4.78 is 27.4. The first kappa shape index (κ1) is 26.1. The monoisotopic (exact) mass is 542 g/mol. The van der Waals surface area contributed by atoms with Crippen molar-refractivity contribution in [2.75, 3.05) is 15.8 Å². The molecule has 0 atom stereocenters. The van der Waals surface area contributed by atoms with Crippen molar-refractivity contribution in [3.63, 3.8) is 0 Å². The molecule has 0 saturated heterocycles. The van der Waals surface area contributed by atoms with Crippen LogP contribution >= 0.6 is 23.1 Å². The Morgan fingerprint density at radius 2 is 1.89 bits per heavy atom. The van der Waals surface area contributed by atoms with Crippen molar-refractivity contribution in [1.29, 1.82) is 5.26 Å². The summed E-state index contributed by atoms with van der Waals surface area (Å²) in [4.78, 5) is 17.3. The van der Waals surface area contributed by atoms with Gasteiger partial charge in [0.25, 0.3) is 10.0 Å². The summed E-state index contributed by atoms with van der Waals surface area (Å²) in [6.07, 6.45) is 6.77. The fourth-order valence-electron chi connectivity index (χ4n) is 3.85. The van der Waals surface area contributed by atoms with Gasteiger partial charge in [0.15, 0.2) is 0 Å². The number of pyridine rings is 1. The van der Waals surface area contributed by atoms with Crippen LogP contribution in [0.25, 0.3) is 0 Å². The van der Waals surface area contributed by atoms with E-state index < -0.39 is 10.0 Å². The number of nitrogens with zero attached hydrogens (tertiary/aromatic N) is 4. The second kappa shape index (κ2) is 11.8. The quantitative estimate of drug-likeness (QED) is 0.391. The first-order valence-corrected chi connectivity index (χ1v) is 14.9. The minimum absolute atomic E-state index is 0.0536. The summed E-state index contributed by atoms with van der Waals surface area (Å²) in [7, 11) is -3.80. The number of hydrogen-bond donors (Lipinski definition) is 2. The Bertz CT molecular complexity index is 1380. The zero-order valence-corrected chi connectivity index (χ0v) is 22.2. The first-order chi connectivity index (χ1) is 17.3. The molecule has 0 aliphatic heterocycles. The van der Waals surface area contributed by atoms with Gasteiger partial charge in [0.05, 0.1) is 10.5 Å². The van der Waals surface area contributed by atoms with Gasteiger partial charge in [0, 0.05) is 23.6 Å². The van der Waals surface area contributed by atoms with E-state index in [0.717, 1.165) is 42.7 Å². The number of aryl methyl sites for hydroxylation is 3. The van der Waals surface area contributed by atoms with Crippen LogP contribution in [0.3, 0.4) is 0 Å². The van der Waals surface area contributed by atoms with Crippen molar-refractivity contribution >= 4 is 49.8 Å². The number of benzene rings is 1. The van der Waals surface area contributed by atoms with Crippen LogP contribution in [-0.2, 0) is 27.7 Å². The van der Waals surface area contributed by atoms with Gasteiger partial charge in [-0.2, -0.15) is 5.26 Å². The Kier molecular flexibility index (Phi) is 8.56. The normalized spacial score (nSPS) is 13.7. The second-order valence-electron chi connectivity index (χ2n) is 8.38. The van der Waals surface area contributed by atoms with Gasteiger partial charge in [-0.25, -0.2) is 13.4 Å². The van der Waals surface area contributed by atoms with Crippen LogP contribution in [0.4, 0.5) is 10.8 Å². The predicted molar refractivity (Wildman–Crippen MR) is 141 cm³/mol. The average molecular weight is 543 g/mol. The highest BCUT2D eigenvalue weighted by Gasteiger charge is 2.17. The van der Waals surface area contributed by atoms with E-state index in [4.69, 9.17) is 4.98 Å². The molecule has 188 valence electrons. The van der Waals surface area contributed by atoms with Crippen molar-refractivity contribution in [3.8, 4) is 6.07 Å². The van der Waals surface area contributed by atoms with Gasteiger partial charge in [-0.15, -0.1) is 22.0 Å². The summed E-state index contributed by atoms with van der Waals surface area (Å²) in [6.45, 7) is 1.74. The number of amides is 1. The fraction of sp³-hybridized carbons (Fsp3) is 0.375. The van der Waals surface area contributed by atoms with E-state index >= 15 is 0 Å². The maximum Gasteiger partial charge on any atom is 0.263 e. The van der Waals surface area contributed by atoms with E-state index in [2.05, 4.69) is 26.3 Å². The zero-order valence-electron chi connectivity index (χ0n) is 19.8. The summed E-state index contributed by atoms with van der Waals surface area (Å²) in [5.74, 6) is 0.273. The SMILES string of the molecule is Cc1nnc(NS(=O)(=O)c2ccc(NC(=O)CCSc3nc4c(cc3C#N)CCCCCC4)cc2)s1. The molecule has 0 fully saturated rings. The molecule has 2 N–H and O–H groups in total. The van der Waals surface area contributed by atoms with E-state index in [-0.39, 0.29) is 22.4 Å². The van der Waals surface area contributed by atoms with Crippen LogP contribution < -0.4 is 10.0 Å². The summed E-state index contributed by atoms with van der Waals surface area (Å²) in [5.41, 5.74) is 3.31. The highest BCUT2D eigenvalue weighted by atomic mass is 32.2. The molecule has 9 nitrogen and oxygen atoms in total. The van der Waals surface area contributed by atoms with Gasteiger partial charge in [-0.3, -0.25) is 9.52 Å². The van der Waals surface area contributed by atoms with Gasteiger partial charge >= 0.3 is 0 Å². The Balaban J connectivity index is 1.32. The summed E-state index contributed by atoms with van der Waals surface area (Å²) in [5, 5.41) is 21.4.